The molecule has 1 saturated heterocycles. The molecule has 1 fully saturated rings. The van der Waals surface area contributed by atoms with Gasteiger partial charge in [0.25, 0.3) is 5.91 Å². The van der Waals surface area contributed by atoms with E-state index < -0.39 is 0 Å². The zero-order valence-corrected chi connectivity index (χ0v) is 18.4. The van der Waals surface area contributed by atoms with Gasteiger partial charge >= 0.3 is 0 Å². The van der Waals surface area contributed by atoms with Crippen molar-refractivity contribution in [3.8, 4) is 11.4 Å². The van der Waals surface area contributed by atoms with E-state index in [-0.39, 0.29) is 11.9 Å². The van der Waals surface area contributed by atoms with Gasteiger partial charge in [-0.1, -0.05) is 18.5 Å². The van der Waals surface area contributed by atoms with Crippen LogP contribution >= 0.6 is 11.6 Å². The van der Waals surface area contributed by atoms with E-state index >= 15 is 0 Å². The summed E-state index contributed by atoms with van der Waals surface area (Å²) in [6.45, 7) is 5.36. The van der Waals surface area contributed by atoms with Crippen LogP contribution in [-0.2, 0) is 0 Å². The predicted octanol–water partition coefficient (Wildman–Crippen LogP) is 4.25. The number of pyridine rings is 2. The van der Waals surface area contributed by atoms with Crippen LogP contribution in [-0.4, -0.2) is 49.9 Å². The molecule has 7 nitrogen and oxygen atoms in total. The topological polar surface area (TPSA) is 83.9 Å². The third-order valence-electron chi connectivity index (χ3n) is 5.64. The number of nitrogens with one attached hydrogen (secondary N) is 1. The fraction of sp³-hybridized carbons (Fsp3) is 0.348. The number of carbonyl (C=O) groups excluding carboxylic acids is 1. The summed E-state index contributed by atoms with van der Waals surface area (Å²) in [6.07, 6.45) is 6.99. The van der Waals surface area contributed by atoms with E-state index in [0.717, 1.165) is 24.4 Å². The summed E-state index contributed by atoms with van der Waals surface area (Å²) in [5.74, 6) is 1.50. The summed E-state index contributed by atoms with van der Waals surface area (Å²) in [5.41, 5.74) is 1.84. The van der Waals surface area contributed by atoms with Gasteiger partial charge in [0.05, 0.1) is 16.6 Å². The Bertz CT molecular complexity index is 1040. The van der Waals surface area contributed by atoms with Gasteiger partial charge in [-0.2, -0.15) is 0 Å². The van der Waals surface area contributed by atoms with Gasteiger partial charge in [0.15, 0.2) is 5.82 Å². The molecular weight excluding hydrogens is 412 g/mol. The van der Waals surface area contributed by atoms with Crippen LogP contribution in [0.15, 0.2) is 48.9 Å². The molecule has 0 spiro atoms. The smallest absolute Gasteiger partial charge is 0.273 e. The van der Waals surface area contributed by atoms with Crippen molar-refractivity contribution in [2.75, 3.05) is 18.4 Å². The summed E-state index contributed by atoms with van der Waals surface area (Å²) in [6, 6.07) is 9.17. The molecule has 0 aromatic carbocycles. The number of hydrogen-bond donors (Lipinski definition) is 1. The lowest BCUT2D eigenvalue weighted by molar-refractivity contribution is 0.0534. The van der Waals surface area contributed by atoms with Crippen molar-refractivity contribution in [2.45, 2.75) is 32.7 Å². The molecule has 1 unspecified atom stereocenters. The Morgan fingerprint density at radius 3 is 2.74 bits per heavy atom. The zero-order valence-electron chi connectivity index (χ0n) is 17.6. The highest BCUT2D eigenvalue weighted by Crippen LogP contribution is 2.28. The van der Waals surface area contributed by atoms with E-state index in [4.69, 9.17) is 11.6 Å². The highest BCUT2D eigenvalue weighted by atomic mass is 35.5. The number of nitrogens with zero attached hydrogens (tertiary/aromatic N) is 5. The first-order chi connectivity index (χ1) is 15.0. The molecule has 3 aromatic heterocycles. The van der Waals surface area contributed by atoms with E-state index in [1.54, 1.807) is 30.7 Å². The summed E-state index contributed by atoms with van der Waals surface area (Å²) in [4.78, 5) is 33.2. The number of hydrogen-bond acceptors (Lipinski definition) is 6. The van der Waals surface area contributed by atoms with Crippen molar-refractivity contribution in [3.05, 3.63) is 65.3 Å². The number of likely N-dealkylation sites (tertiary alicyclic amines) is 1. The molecular formula is C23H25ClN6O. The molecule has 31 heavy (non-hydrogen) atoms. The molecule has 4 rings (SSSR count). The Balaban J connectivity index is 1.61. The standard InChI is InChI=1S/C23H25ClN6O/c1-15-5-3-12-30(19(15)14-28-20-9-7-17(24)13-27-20)23(31)21-18(8-6-16(2)29-21)22-25-10-4-11-26-22/h4,6-11,13,15,19H,3,5,12,14H2,1-2H3,(H,27,28)/t15?,19-/m1/s1. The van der Waals surface area contributed by atoms with Gasteiger partial charge in [-0.25, -0.2) is 19.9 Å². The van der Waals surface area contributed by atoms with Crippen LogP contribution in [0.5, 0.6) is 0 Å². The largest absolute Gasteiger partial charge is 0.368 e. The molecule has 4 heterocycles. The van der Waals surface area contributed by atoms with Gasteiger partial charge in [-0.05, 0) is 56.0 Å². The molecule has 160 valence electrons. The van der Waals surface area contributed by atoms with Crippen molar-refractivity contribution in [3.63, 3.8) is 0 Å². The molecule has 3 aromatic rings. The molecule has 1 aliphatic rings. The van der Waals surface area contributed by atoms with Crippen LogP contribution in [0, 0.1) is 12.8 Å². The van der Waals surface area contributed by atoms with Crippen LogP contribution in [0.4, 0.5) is 5.82 Å². The number of aromatic nitrogens is 4. The molecule has 0 radical (unpaired) electrons. The predicted molar refractivity (Wildman–Crippen MR) is 121 cm³/mol. The fourth-order valence-electron chi connectivity index (χ4n) is 3.98. The minimum Gasteiger partial charge on any atom is -0.368 e. The van der Waals surface area contributed by atoms with Gasteiger partial charge in [-0.3, -0.25) is 4.79 Å². The Labute approximate surface area is 186 Å². The minimum absolute atomic E-state index is 0.0191. The molecule has 8 heteroatoms. The van der Waals surface area contributed by atoms with Crippen molar-refractivity contribution < 1.29 is 4.79 Å². The molecule has 2 atom stereocenters. The minimum atomic E-state index is -0.0893. The number of halogens is 1. The first-order valence-corrected chi connectivity index (χ1v) is 10.8. The molecule has 1 amide bonds. The molecule has 0 saturated carbocycles. The maximum Gasteiger partial charge on any atom is 0.273 e. The number of aryl methyl sites for hydroxylation is 1. The molecule has 1 N–H and O–H groups in total. The Morgan fingerprint density at radius 1 is 1.19 bits per heavy atom. The normalized spacial score (nSPS) is 18.6. The lowest BCUT2D eigenvalue weighted by atomic mass is 9.90. The second kappa shape index (κ2) is 9.39. The average Bonchev–Trinajstić information content (AvgIpc) is 2.79. The Kier molecular flexibility index (Phi) is 6.42. The van der Waals surface area contributed by atoms with Gasteiger partial charge < -0.3 is 10.2 Å². The van der Waals surface area contributed by atoms with Crippen LogP contribution < -0.4 is 5.32 Å². The van der Waals surface area contributed by atoms with E-state index in [9.17, 15) is 4.79 Å². The second-order valence-electron chi connectivity index (χ2n) is 7.85. The number of carbonyl (C=O) groups is 1. The van der Waals surface area contributed by atoms with Gasteiger partial charge in [0.2, 0.25) is 0 Å². The molecule has 0 aliphatic carbocycles. The van der Waals surface area contributed by atoms with E-state index in [1.807, 2.05) is 30.0 Å². The van der Waals surface area contributed by atoms with Crippen LogP contribution in [0.25, 0.3) is 11.4 Å². The number of piperidine rings is 1. The number of rotatable bonds is 5. The highest BCUT2D eigenvalue weighted by molar-refractivity contribution is 6.30. The lowest BCUT2D eigenvalue weighted by Crippen LogP contribution is -2.51. The van der Waals surface area contributed by atoms with Crippen molar-refractivity contribution in [1.29, 1.82) is 0 Å². The second-order valence-corrected chi connectivity index (χ2v) is 8.29. The van der Waals surface area contributed by atoms with Crippen molar-refractivity contribution >= 4 is 23.3 Å². The molecule has 0 bridgehead atoms. The quantitative estimate of drug-likeness (QED) is 0.643. The van der Waals surface area contributed by atoms with Gasteiger partial charge in [-0.15, -0.1) is 0 Å². The van der Waals surface area contributed by atoms with Crippen LogP contribution in [0.2, 0.25) is 5.02 Å². The SMILES string of the molecule is Cc1ccc(-c2ncccn2)c(C(=O)N2CCCC(C)[C@H]2CNc2ccc(Cl)cn2)n1. The summed E-state index contributed by atoms with van der Waals surface area (Å²) in [7, 11) is 0. The maximum absolute atomic E-state index is 13.7. The van der Waals surface area contributed by atoms with Crippen molar-refractivity contribution in [1.82, 2.24) is 24.8 Å². The summed E-state index contributed by atoms with van der Waals surface area (Å²) < 4.78 is 0. The highest BCUT2D eigenvalue weighted by Gasteiger charge is 2.34. The monoisotopic (exact) mass is 436 g/mol. The fourth-order valence-corrected chi connectivity index (χ4v) is 4.09. The van der Waals surface area contributed by atoms with E-state index in [2.05, 4.69) is 32.2 Å². The van der Waals surface area contributed by atoms with Gasteiger partial charge in [0, 0.05) is 37.4 Å². The average molecular weight is 437 g/mol. The lowest BCUT2D eigenvalue weighted by Gasteiger charge is -2.40. The van der Waals surface area contributed by atoms with Crippen molar-refractivity contribution in [2.24, 2.45) is 5.92 Å². The third kappa shape index (κ3) is 4.82. The maximum atomic E-state index is 13.7. The number of amides is 1. The van der Waals surface area contributed by atoms with E-state index in [1.165, 1.54) is 0 Å². The zero-order chi connectivity index (χ0) is 21.8. The molecule has 1 aliphatic heterocycles. The Morgan fingerprint density at radius 2 is 2.00 bits per heavy atom. The first-order valence-electron chi connectivity index (χ1n) is 10.4. The first kappa shape index (κ1) is 21.2. The van der Waals surface area contributed by atoms with E-state index in [0.29, 0.717) is 41.1 Å². The van der Waals surface area contributed by atoms with Crippen LogP contribution in [0.3, 0.4) is 0 Å². The third-order valence-corrected chi connectivity index (χ3v) is 5.86. The summed E-state index contributed by atoms with van der Waals surface area (Å²) >= 11 is 5.93. The van der Waals surface area contributed by atoms with Crippen LogP contribution in [0.1, 0.15) is 35.9 Å². The Hall–Kier alpha value is -3.06. The van der Waals surface area contributed by atoms with Gasteiger partial charge in [0.1, 0.15) is 11.5 Å². The number of anilines is 1. The summed E-state index contributed by atoms with van der Waals surface area (Å²) in [5, 5.41) is 3.95.